The highest BCUT2D eigenvalue weighted by molar-refractivity contribution is 7.89. The van der Waals surface area contributed by atoms with Gasteiger partial charge in [-0.1, -0.05) is 0 Å². The normalized spacial score (nSPS) is 12.4. The van der Waals surface area contributed by atoms with E-state index >= 15 is 0 Å². The Balaban J connectivity index is 3.27. The third kappa shape index (κ3) is 2.51. The lowest BCUT2D eigenvalue weighted by Gasteiger charge is -2.03. The second-order valence-corrected chi connectivity index (χ2v) is 4.62. The third-order valence-electron chi connectivity index (χ3n) is 1.91. The molecule has 86 valence electrons. The molecule has 1 aromatic rings. The Morgan fingerprint density at radius 1 is 1.47 bits per heavy atom. The summed E-state index contributed by atoms with van der Waals surface area (Å²) in [4.78, 5) is -0.178. The second kappa shape index (κ2) is 3.86. The Labute approximate surface area is 85.9 Å². The molecule has 0 spiro atoms. The molecule has 2 N–H and O–H groups in total. The van der Waals surface area contributed by atoms with Crippen LogP contribution in [-0.4, -0.2) is 24.6 Å². The molecule has 1 rings (SSSR count). The van der Waals surface area contributed by atoms with Crippen LogP contribution in [0.1, 0.15) is 11.4 Å². The number of nitrogens with zero attached hydrogens (tertiary/aromatic N) is 2. The maximum Gasteiger partial charge on any atom is 0.257 e. The summed E-state index contributed by atoms with van der Waals surface area (Å²) in [6, 6.07) is 0. The molecule has 8 heteroatoms. The van der Waals surface area contributed by atoms with Gasteiger partial charge in [-0.25, -0.2) is 22.3 Å². The van der Waals surface area contributed by atoms with Crippen LogP contribution in [-0.2, 0) is 16.6 Å². The molecule has 15 heavy (non-hydrogen) atoms. The largest absolute Gasteiger partial charge is 0.262 e. The molecule has 0 saturated carbocycles. The Morgan fingerprint density at radius 2 is 2.00 bits per heavy atom. The van der Waals surface area contributed by atoms with Gasteiger partial charge in [0, 0.05) is 0 Å². The first-order chi connectivity index (χ1) is 6.73. The molecule has 0 aliphatic heterocycles. The van der Waals surface area contributed by atoms with Crippen molar-refractivity contribution in [2.75, 3.05) is 0 Å². The summed E-state index contributed by atoms with van der Waals surface area (Å²) in [6.07, 6.45) is -2.59. The zero-order valence-corrected chi connectivity index (χ0v) is 9.05. The van der Waals surface area contributed by atoms with Crippen LogP contribution in [0.5, 0.6) is 0 Å². The summed E-state index contributed by atoms with van der Waals surface area (Å²) in [7, 11) is -3.91. The van der Waals surface area contributed by atoms with Crippen molar-refractivity contribution in [2.45, 2.75) is 31.7 Å². The van der Waals surface area contributed by atoms with Crippen LogP contribution in [0, 0.1) is 13.8 Å². The van der Waals surface area contributed by atoms with Crippen LogP contribution < -0.4 is 5.14 Å². The van der Waals surface area contributed by atoms with E-state index in [0.717, 1.165) is 4.68 Å². The molecule has 1 heterocycles. The summed E-state index contributed by atoms with van der Waals surface area (Å²) in [5.41, 5.74) is 0.269. The number of hydrogen-bond donors (Lipinski definition) is 1. The maximum atomic E-state index is 12.1. The minimum absolute atomic E-state index is 0.135. The number of hydrogen-bond acceptors (Lipinski definition) is 3. The van der Waals surface area contributed by atoms with E-state index in [-0.39, 0.29) is 16.3 Å². The summed E-state index contributed by atoms with van der Waals surface area (Å²) in [5.74, 6) is 0. The first kappa shape index (κ1) is 12.1. The number of sulfonamides is 1. The number of primary sulfonamides is 1. The van der Waals surface area contributed by atoms with E-state index in [0.29, 0.717) is 0 Å². The van der Waals surface area contributed by atoms with Gasteiger partial charge in [0.1, 0.15) is 11.4 Å². The lowest BCUT2D eigenvalue weighted by molar-refractivity contribution is 0.120. The topological polar surface area (TPSA) is 78.0 Å². The number of alkyl halides is 2. The van der Waals surface area contributed by atoms with E-state index in [4.69, 9.17) is 5.14 Å². The molecule has 0 fully saturated rings. The second-order valence-electron chi connectivity index (χ2n) is 3.12. The van der Waals surface area contributed by atoms with Crippen molar-refractivity contribution in [3.8, 4) is 0 Å². The maximum absolute atomic E-state index is 12.1. The first-order valence-electron chi connectivity index (χ1n) is 4.08. The van der Waals surface area contributed by atoms with E-state index in [1.807, 2.05) is 0 Å². The highest BCUT2D eigenvalue weighted by atomic mass is 32.2. The lowest BCUT2D eigenvalue weighted by atomic mass is 10.4. The van der Waals surface area contributed by atoms with Crippen molar-refractivity contribution in [3.63, 3.8) is 0 Å². The van der Waals surface area contributed by atoms with Gasteiger partial charge in [-0.05, 0) is 13.8 Å². The zero-order valence-electron chi connectivity index (χ0n) is 8.24. The average Bonchev–Trinajstić information content (AvgIpc) is 2.23. The molecular weight excluding hydrogens is 228 g/mol. The number of aromatic nitrogens is 2. The third-order valence-corrected chi connectivity index (χ3v) is 3.07. The number of aryl methyl sites for hydroxylation is 1. The molecule has 0 unspecified atom stereocenters. The van der Waals surface area contributed by atoms with Crippen LogP contribution in [0.3, 0.4) is 0 Å². The average molecular weight is 239 g/mol. The molecule has 0 saturated heterocycles. The molecule has 5 nitrogen and oxygen atoms in total. The van der Waals surface area contributed by atoms with Gasteiger partial charge in [-0.15, -0.1) is 0 Å². The van der Waals surface area contributed by atoms with E-state index < -0.39 is 23.0 Å². The van der Waals surface area contributed by atoms with Crippen LogP contribution in [0.15, 0.2) is 4.90 Å². The number of nitrogens with two attached hydrogens (primary N) is 1. The highest BCUT2D eigenvalue weighted by Crippen LogP contribution is 2.18. The number of rotatable bonds is 3. The quantitative estimate of drug-likeness (QED) is 0.829. The zero-order chi connectivity index (χ0) is 11.8. The monoisotopic (exact) mass is 239 g/mol. The van der Waals surface area contributed by atoms with Gasteiger partial charge in [0.2, 0.25) is 10.0 Å². The molecule has 0 amide bonds. The molecular formula is C7H11F2N3O2S. The van der Waals surface area contributed by atoms with E-state index in [1.165, 1.54) is 13.8 Å². The Hall–Kier alpha value is -1.02. The SMILES string of the molecule is Cc1nn(CC(F)F)c(C)c1S(N)(=O)=O. The first-order valence-corrected chi connectivity index (χ1v) is 5.63. The summed E-state index contributed by atoms with van der Waals surface area (Å²) < 4.78 is 47.4. The minimum atomic E-state index is -3.91. The molecule has 0 aliphatic carbocycles. The van der Waals surface area contributed by atoms with Crippen LogP contribution in [0.25, 0.3) is 0 Å². The smallest absolute Gasteiger partial charge is 0.257 e. The molecule has 0 bridgehead atoms. The minimum Gasteiger partial charge on any atom is -0.262 e. The van der Waals surface area contributed by atoms with Crippen LogP contribution >= 0.6 is 0 Å². The van der Waals surface area contributed by atoms with Gasteiger partial charge < -0.3 is 0 Å². The predicted octanol–water partition coefficient (Wildman–Crippen LogP) is 0.412. The van der Waals surface area contributed by atoms with E-state index in [1.54, 1.807) is 0 Å². The van der Waals surface area contributed by atoms with E-state index in [2.05, 4.69) is 5.10 Å². The molecule has 0 aliphatic rings. The van der Waals surface area contributed by atoms with Gasteiger partial charge in [-0.3, -0.25) is 4.68 Å². The van der Waals surface area contributed by atoms with Crippen molar-refractivity contribution in [1.29, 1.82) is 0 Å². The van der Waals surface area contributed by atoms with Crippen LogP contribution in [0.4, 0.5) is 8.78 Å². The van der Waals surface area contributed by atoms with Gasteiger partial charge in [0.25, 0.3) is 6.43 Å². The fraction of sp³-hybridized carbons (Fsp3) is 0.571. The van der Waals surface area contributed by atoms with Crippen molar-refractivity contribution >= 4 is 10.0 Å². The summed E-state index contributed by atoms with van der Waals surface area (Å²) in [6.45, 7) is 2.17. The molecule has 0 aromatic carbocycles. The number of halogens is 2. The van der Waals surface area contributed by atoms with E-state index in [9.17, 15) is 17.2 Å². The van der Waals surface area contributed by atoms with Gasteiger partial charge >= 0.3 is 0 Å². The van der Waals surface area contributed by atoms with Crippen molar-refractivity contribution in [1.82, 2.24) is 9.78 Å². The van der Waals surface area contributed by atoms with Gasteiger partial charge in [-0.2, -0.15) is 5.10 Å². The van der Waals surface area contributed by atoms with Crippen molar-refractivity contribution < 1.29 is 17.2 Å². The van der Waals surface area contributed by atoms with Gasteiger partial charge in [0.15, 0.2) is 0 Å². The van der Waals surface area contributed by atoms with Crippen molar-refractivity contribution in [3.05, 3.63) is 11.4 Å². The lowest BCUT2D eigenvalue weighted by Crippen LogP contribution is -2.15. The Morgan fingerprint density at radius 3 is 2.33 bits per heavy atom. The summed E-state index contributed by atoms with van der Waals surface area (Å²) in [5, 5.41) is 8.63. The van der Waals surface area contributed by atoms with Gasteiger partial charge in [0.05, 0.1) is 11.4 Å². The Bertz CT molecular complexity index is 467. The summed E-state index contributed by atoms with van der Waals surface area (Å²) >= 11 is 0. The predicted molar refractivity (Wildman–Crippen MR) is 49.1 cm³/mol. The fourth-order valence-corrected chi connectivity index (χ4v) is 2.37. The Kier molecular flexibility index (Phi) is 3.10. The molecule has 0 atom stereocenters. The molecule has 1 aromatic heterocycles. The fourth-order valence-electron chi connectivity index (χ4n) is 1.40. The standard InChI is InChI=1S/C7H11F2N3O2S/c1-4-7(15(10,13)14)5(2)12(11-4)3-6(8)9/h6H,3H2,1-2H3,(H2,10,13,14). The van der Waals surface area contributed by atoms with Crippen molar-refractivity contribution in [2.24, 2.45) is 5.14 Å². The highest BCUT2D eigenvalue weighted by Gasteiger charge is 2.22. The molecule has 0 radical (unpaired) electrons. The van der Waals surface area contributed by atoms with Crippen LogP contribution in [0.2, 0.25) is 0 Å².